The second kappa shape index (κ2) is 4.08. The summed E-state index contributed by atoms with van der Waals surface area (Å²) in [5, 5.41) is 9.25. The lowest BCUT2D eigenvalue weighted by Crippen LogP contribution is -2.05. The van der Waals surface area contributed by atoms with E-state index in [1.165, 1.54) is 18.2 Å². The zero-order valence-electron chi connectivity index (χ0n) is 8.57. The van der Waals surface area contributed by atoms with E-state index in [0.717, 1.165) is 12.3 Å². The Kier molecular flexibility index (Phi) is 2.75. The first-order chi connectivity index (χ1) is 7.97. The molecule has 2 aromatic rings. The molecular weight excluding hydrogens is 231 g/mol. The Hall–Kier alpha value is -2.04. The monoisotopic (exact) mass is 239 g/mol. The Bertz CT molecular complexity index is 520. The quantitative estimate of drug-likeness (QED) is 0.826. The summed E-state index contributed by atoms with van der Waals surface area (Å²) in [6.45, 7) is 0. The van der Waals surface area contributed by atoms with E-state index in [4.69, 9.17) is 0 Å². The Morgan fingerprint density at radius 1 is 1.06 bits per heavy atom. The highest BCUT2D eigenvalue weighted by molar-refractivity contribution is 5.60. The third-order valence-electron chi connectivity index (χ3n) is 2.23. The summed E-state index contributed by atoms with van der Waals surface area (Å²) in [7, 11) is 0. The number of phenols is 1. The standard InChI is InChI=1S/C12H8F3NO/c13-12(14,15)9-4-5-11(16-7-9)8-2-1-3-10(17)6-8/h1-7,17H. The van der Waals surface area contributed by atoms with Crippen LogP contribution in [-0.2, 0) is 6.18 Å². The minimum Gasteiger partial charge on any atom is -0.508 e. The van der Waals surface area contributed by atoms with Crippen molar-refractivity contribution in [3.05, 3.63) is 48.2 Å². The number of hydrogen-bond acceptors (Lipinski definition) is 2. The molecule has 0 fully saturated rings. The molecule has 0 saturated heterocycles. The predicted molar refractivity (Wildman–Crippen MR) is 56.3 cm³/mol. The number of pyridine rings is 1. The topological polar surface area (TPSA) is 33.1 Å². The van der Waals surface area contributed by atoms with E-state index in [-0.39, 0.29) is 5.75 Å². The zero-order valence-corrected chi connectivity index (χ0v) is 8.57. The second-order valence-electron chi connectivity index (χ2n) is 3.48. The number of halogens is 3. The number of rotatable bonds is 1. The first kappa shape index (κ1) is 11.4. The molecule has 17 heavy (non-hydrogen) atoms. The molecule has 0 atom stereocenters. The van der Waals surface area contributed by atoms with Gasteiger partial charge in [0.15, 0.2) is 0 Å². The molecule has 0 aliphatic carbocycles. The first-order valence-electron chi connectivity index (χ1n) is 4.79. The highest BCUT2D eigenvalue weighted by Gasteiger charge is 2.30. The maximum absolute atomic E-state index is 12.3. The summed E-state index contributed by atoms with van der Waals surface area (Å²) in [6.07, 6.45) is -3.61. The predicted octanol–water partition coefficient (Wildman–Crippen LogP) is 3.47. The fourth-order valence-corrected chi connectivity index (χ4v) is 1.40. The Balaban J connectivity index is 2.36. The highest BCUT2D eigenvalue weighted by atomic mass is 19.4. The second-order valence-corrected chi connectivity index (χ2v) is 3.48. The van der Waals surface area contributed by atoms with Crippen molar-refractivity contribution in [2.45, 2.75) is 6.18 Å². The van der Waals surface area contributed by atoms with Crippen molar-refractivity contribution >= 4 is 0 Å². The average molecular weight is 239 g/mol. The lowest BCUT2D eigenvalue weighted by atomic mass is 10.1. The van der Waals surface area contributed by atoms with Crippen LogP contribution in [0.4, 0.5) is 13.2 Å². The molecule has 1 heterocycles. The van der Waals surface area contributed by atoms with E-state index in [0.29, 0.717) is 11.3 Å². The summed E-state index contributed by atoms with van der Waals surface area (Å²) >= 11 is 0. The number of alkyl halides is 3. The summed E-state index contributed by atoms with van der Waals surface area (Å²) in [4.78, 5) is 3.73. The van der Waals surface area contributed by atoms with Gasteiger partial charge < -0.3 is 5.11 Å². The third-order valence-corrected chi connectivity index (χ3v) is 2.23. The summed E-state index contributed by atoms with van der Waals surface area (Å²) in [5.41, 5.74) is 0.161. The van der Waals surface area contributed by atoms with Crippen molar-refractivity contribution in [3.63, 3.8) is 0 Å². The summed E-state index contributed by atoms with van der Waals surface area (Å²) in [5.74, 6) is 0.0456. The van der Waals surface area contributed by atoms with Gasteiger partial charge in [-0.05, 0) is 24.3 Å². The van der Waals surface area contributed by atoms with Gasteiger partial charge in [0.05, 0.1) is 11.3 Å². The molecular formula is C12H8F3NO. The Morgan fingerprint density at radius 3 is 2.35 bits per heavy atom. The van der Waals surface area contributed by atoms with Crippen LogP contribution in [0.25, 0.3) is 11.3 Å². The van der Waals surface area contributed by atoms with Crippen molar-refractivity contribution in [1.29, 1.82) is 0 Å². The minimum atomic E-state index is -4.38. The van der Waals surface area contributed by atoms with E-state index >= 15 is 0 Å². The smallest absolute Gasteiger partial charge is 0.417 e. The van der Waals surface area contributed by atoms with Crippen LogP contribution in [0.5, 0.6) is 5.75 Å². The van der Waals surface area contributed by atoms with Crippen molar-refractivity contribution in [3.8, 4) is 17.0 Å². The largest absolute Gasteiger partial charge is 0.508 e. The molecule has 0 amide bonds. The van der Waals surface area contributed by atoms with Gasteiger partial charge in [0.2, 0.25) is 0 Å². The van der Waals surface area contributed by atoms with Gasteiger partial charge in [-0.15, -0.1) is 0 Å². The molecule has 0 unspecified atom stereocenters. The fraction of sp³-hybridized carbons (Fsp3) is 0.0833. The van der Waals surface area contributed by atoms with Gasteiger partial charge in [-0.3, -0.25) is 4.98 Å². The molecule has 5 heteroatoms. The highest BCUT2D eigenvalue weighted by Crippen LogP contribution is 2.30. The number of aromatic nitrogens is 1. The minimum absolute atomic E-state index is 0.0456. The van der Waals surface area contributed by atoms with Gasteiger partial charge >= 0.3 is 6.18 Å². The number of aromatic hydroxyl groups is 1. The first-order valence-corrected chi connectivity index (χ1v) is 4.79. The summed E-state index contributed by atoms with van der Waals surface area (Å²) in [6, 6.07) is 8.42. The lowest BCUT2D eigenvalue weighted by Gasteiger charge is -2.07. The number of hydrogen-bond donors (Lipinski definition) is 1. The van der Waals surface area contributed by atoms with Gasteiger partial charge in [-0.2, -0.15) is 13.2 Å². The number of benzene rings is 1. The van der Waals surface area contributed by atoms with E-state index < -0.39 is 11.7 Å². The molecule has 0 spiro atoms. The molecule has 0 radical (unpaired) electrons. The molecule has 1 aromatic heterocycles. The van der Waals surface area contributed by atoms with Crippen LogP contribution in [0, 0.1) is 0 Å². The molecule has 1 aromatic carbocycles. The average Bonchev–Trinajstić information content (AvgIpc) is 2.28. The van der Waals surface area contributed by atoms with E-state index in [9.17, 15) is 18.3 Å². The van der Waals surface area contributed by atoms with Crippen LogP contribution in [0.15, 0.2) is 42.6 Å². The zero-order chi connectivity index (χ0) is 12.5. The van der Waals surface area contributed by atoms with Crippen LogP contribution in [-0.4, -0.2) is 10.1 Å². The Morgan fingerprint density at radius 2 is 1.82 bits per heavy atom. The van der Waals surface area contributed by atoms with Crippen molar-refractivity contribution in [2.24, 2.45) is 0 Å². The Labute approximate surface area is 95.4 Å². The normalized spacial score (nSPS) is 11.5. The number of nitrogens with zero attached hydrogens (tertiary/aromatic N) is 1. The van der Waals surface area contributed by atoms with Gasteiger partial charge in [0.1, 0.15) is 5.75 Å². The maximum Gasteiger partial charge on any atom is 0.417 e. The van der Waals surface area contributed by atoms with E-state index in [1.54, 1.807) is 12.1 Å². The molecule has 2 rings (SSSR count). The van der Waals surface area contributed by atoms with Gasteiger partial charge in [-0.1, -0.05) is 12.1 Å². The van der Waals surface area contributed by atoms with Crippen LogP contribution >= 0.6 is 0 Å². The van der Waals surface area contributed by atoms with Crippen LogP contribution < -0.4 is 0 Å². The van der Waals surface area contributed by atoms with Crippen molar-refractivity contribution in [2.75, 3.05) is 0 Å². The molecule has 0 aliphatic heterocycles. The molecule has 2 nitrogen and oxygen atoms in total. The van der Waals surface area contributed by atoms with Crippen LogP contribution in [0.3, 0.4) is 0 Å². The number of phenolic OH excluding ortho intramolecular Hbond substituents is 1. The van der Waals surface area contributed by atoms with Crippen LogP contribution in [0.2, 0.25) is 0 Å². The fourth-order valence-electron chi connectivity index (χ4n) is 1.40. The summed E-state index contributed by atoms with van der Waals surface area (Å²) < 4.78 is 36.9. The van der Waals surface area contributed by atoms with Gasteiger partial charge in [0, 0.05) is 11.8 Å². The van der Waals surface area contributed by atoms with Gasteiger partial charge in [-0.25, -0.2) is 0 Å². The molecule has 88 valence electrons. The third kappa shape index (κ3) is 2.55. The maximum atomic E-state index is 12.3. The lowest BCUT2D eigenvalue weighted by molar-refractivity contribution is -0.137. The molecule has 0 bridgehead atoms. The molecule has 1 N–H and O–H groups in total. The van der Waals surface area contributed by atoms with Gasteiger partial charge in [0.25, 0.3) is 0 Å². The van der Waals surface area contributed by atoms with Crippen molar-refractivity contribution in [1.82, 2.24) is 4.98 Å². The molecule has 0 saturated carbocycles. The molecule has 0 aliphatic rings. The van der Waals surface area contributed by atoms with E-state index in [2.05, 4.69) is 4.98 Å². The SMILES string of the molecule is Oc1cccc(-c2ccc(C(F)(F)F)cn2)c1. The van der Waals surface area contributed by atoms with Crippen LogP contribution in [0.1, 0.15) is 5.56 Å². The van der Waals surface area contributed by atoms with E-state index in [1.807, 2.05) is 0 Å². The van der Waals surface area contributed by atoms with Crippen molar-refractivity contribution < 1.29 is 18.3 Å².